The van der Waals surface area contributed by atoms with Gasteiger partial charge in [0.15, 0.2) is 0 Å². The minimum Gasteiger partial charge on any atom is -0.351 e. The third kappa shape index (κ3) is 5.19. The molecule has 5 N–H and O–H groups in total. The lowest BCUT2D eigenvalue weighted by molar-refractivity contribution is 0.249. The van der Waals surface area contributed by atoms with E-state index in [1.807, 2.05) is 6.92 Å². The predicted octanol–water partition coefficient (Wildman–Crippen LogP) is 3.71. The third-order valence-corrected chi connectivity index (χ3v) is 3.38. The van der Waals surface area contributed by atoms with Crippen molar-refractivity contribution in [3.8, 4) is 0 Å². The molecule has 0 aliphatic carbocycles. The fourth-order valence-electron chi connectivity index (χ4n) is 1.98. The first-order chi connectivity index (χ1) is 10.9. The second kappa shape index (κ2) is 7.51. The molecule has 2 aromatic carbocycles. The van der Waals surface area contributed by atoms with Gasteiger partial charge in [-0.2, -0.15) is 0 Å². The van der Waals surface area contributed by atoms with E-state index in [-0.39, 0.29) is 12.1 Å². The van der Waals surface area contributed by atoms with Gasteiger partial charge in [-0.25, -0.2) is 9.59 Å². The van der Waals surface area contributed by atoms with Crippen molar-refractivity contribution < 1.29 is 9.59 Å². The molecule has 0 aliphatic rings. The van der Waals surface area contributed by atoms with E-state index in [4.69, 9.17) is 17.3 Å². The van der Waals surface area contributed by atoms with Crippen LogP contribution in [0.1, 0.15) is 18.5 Å². The summed E-state index contributed by atoms with van der Waals surface area (Å²) < 4.78 is 0. The van der Waals surface area contributed by atoms with Crippen LogP contribution in [0, 0.1) is 0 Å². The minimum absolute atomic E-state index is 0.204. The number of benzene rings is 2. The van der Waals surface area contributed by atoms with Gasteiger partial charge in [0.2, 0.25) is 0 Å². The summed E-state index contributed by atoms with van der Waals surface area (Å²) in [6.45, 7) is 1.86. The molecule has 0 radical (unpaired) electrons. The Kier molecular flexibility index (Phi) is 5.43. The molecular weight excluding hydrogens is 316 g/mol. The molecule has 2 aromatic rings. The van der Waals surface area contributed by atoms with Gasteiger partial charge in [0.1, 0.15) is 0 Å². The van der Waals surface area contributed by atoms with Crippen LogP contribution in [-0.2, 0) is 0 Å². The Bertz CT molecular complexity index is 686. The van der Waals surface area contributed by atoms with E-state index in [9.17, 15) is 9.59 Å². The number of hydrogen-bond donors (Lipinski definition) is 4. The maximum atomic E-state index is 12.0. The molecule has 4 amide bonds. The highest BCUT2D eigenvalue weighted by Crippen LogP contribution is 2.17. The molecule has 0 heterocycles. The molecule has 0 saturated carbocycles. The largest absolute Gasteiger partial charge is 0.351 e. The lowest BCUT2D eigenvalue weighted by atomic mass is 10.1. The molecule has 0 bridgehead atoms. The van der Waals surface area contributed by atoms with Crippen molar-refractivity contribution in [2.75, 3.05) is 10.6 Å². The summed E-state index contributed by atoms with van der Waals surface area (Å²) in [6.07, 6.45) is 0. The molecule has 0 aromatic heterocycles. The van der Waals surface area contributed by atoms with Crippen molar-refractivity contribution >= 4 is 35.0 Å². The first-order valence-electron chi connectivity index (χ1n) is 6.93. The summed E-state index contributed by atoms with van der Waals surface area (Å²) in [6, 6.07) is 12.7. The van der Waals surface area contributed by atoms with Crippen LogP contribution < -0.4 is 21.7 Å². The molecule has 7 heteroatoms. The summed E-state index contributed by atoms with van der Waals surface area (Å²) >= 11 is 5.79. The van der Waals surface area contributed by atoms with E-state index in [0.717, 1.165) is 5.56 Å². The van der Waals surface area contributed by atoms with Crippen LogP contribution >= 0.6 is 11.6 Å². The van der Waals surface area contributed by atoms with E-state index in [2.05, 4.69) is 16.0 Å². The van der Waals surface area contributed by atoms with Crippen LogP contribution in [-0.4, -0.2) is 12.1 Å². The van der Waals surface area contributed by atoms with Gasteiger partial charge in [-0.3, -0.25) is 0 Å². The highest BCUT2D eigenvalue weighted by Gasteiger charge is 2.10. The highest BCUT2D eigenvalue weighted by atomic mass is 35.5. The van der Waals surface area contributed by atoms with Gasteiger partial charge in [0.05, 0.1) is 6.04 Å². The Morgan fingerprint density at radius 3 is 2.04 bits per heavy atom. The average molecular weight is 333 g/mol. The fraction of sp³-hybridized carbons (Fsp3) is 0.125. The average Bonchev–Trinajstić information content (AvgIpc) is 2.49. The number of primary amides is 1. The van der Waals surface area contributed by atoms with Crippen molar-refractivity contribution in [1.29, 1.82) is 0 Å². The predicted molar refractivity (Wildman–Crippen MR) is 91.7 cm³/mol. The minimum atomic E-state index is -0.619. The molecule has 0 aliphatic heterocycles. The number of nitrogens with two attached hydrogens (primary N) is 1. The lowest BCUT2D eigenvalue weighted by Gasteiger charge is -2.15. The Morgan fingerprint density at radius 2 is 1.48 bits per heavy atom. The molecular formula is C16H17ClN4O2. The van der Waals surface area contributed by atoms with Crippen molar-refractivity contribution in [3.63, 3.8) is 0 Å². The molecule has 0 spiro atoms. The summed E-state index contributed by atoms with van der Waals surface area (Å²) in [5.41, 5.74) is 7.19. The Hall–Kier alpha value is -2.73. The monoisotopic (exact) mass is 332 g/mol. The van der Waals surface area contributed by atoms with Crippen LogP contribution in [0.4, 0.5) is 21.0 Å². The van der Waals surface area contributed by atoms with E-state index >= 15 is 0 Å². The maximum absolute atomic E-state index is 12.0. The number of carbonyl (C=O) groups is 2. The van der Waals surface area contributed by atoms with Gasteiger partial charge >= 0.3 is 12.1 Å². The van der Waals surface area contributed by atoms with E-state index in [0.29, 0.717) is 16.4 Å². The number of hydrogen-bond acceptors (Lipinski definition) is 2. The molecule has 0 saturated heterocycles. The summed E-state index contributed by atoms with van der Waals surface area (Å²) in [7, 11) is 0. The van der Waals surface area contributed by atoms with Gasteiger partial charge in [-0.05, 0) is 48.9 Å². The van der Waals surface area contributed by atoms with Crippen molar-refractivity contribution in [3.05, 3.63) is 59.1 Å². The number of halogens is 1. The van der Waals surface area contributed by atoms with Crippen LogP contribution in [0.5, 0.6) is 0 Å². The normalized spacial score (nSPS) is 11.4. The second-order valence-corrected chi connectivity index (χ2v) is 5.37. The number of nitrogens with one attached hydrogen (secondary N) is 3. The van der Waals surface area contributed by atoms with Gasteiger partial charge in [-0.15, -0.1) is 0 Å². The SMILES string of the molecule is CC(NC(=O)Nc1ccc(Cl)cc1)c1ccc(NC(N)=O)cc1. The van der Waals surface area contributed by atoms with Crippen molar-refractivity contribution in [1.82, 2.24) is 5.32 Å². The molecule has 1 atom stereocenters. The van der Waals surface area contributed by atoms with E-state index < -0.39 is 6.03 Å². The van der Waals surface area contributed by atoms with Crippen LogP contribution in [0.15, 0.2) is 48.5 Å². The Labute approximate surface area is 139 Å². The number of urea groups is 2. The summed E-state index contributed by atoms with van der Waals surface area (Å²) in [4.78, 5) is 22.7. The molecule has 23 heavy (non-hydrogen) atoms. The number of rotatable bonds is 4. The van der Waals surface area contributed by atoms with Gasteiger partial charge < -0.3 is 21.7 Å². The number of carbonyl (C=O) groups excluding carboxylic acids is 2. The molecule has 120 valence electrons. The molecule has 1 unspecified atom stereocenters. The lowest BCUT2D eigenvalue weighted by Crippen LogP contribution is -2.31. The molecule has 2 rings (SSSR count). The highest BCUT2D eigenvalue weighted by molar-refractivity contribution is 6.30. The van der Waals surface area contributed by atoms with Gasteiger partial charge in [0.25, 0.3) is 0 Å². The Balaban J connectivity index is 1.92. The van der Waals surface area contributed by atoms with Crippen LogP contribution in [0.25, 0.3) is 0 Å². The molecule has 0 fully saturated rings. The summed E-state index contributed by atoms with van der Waals surface area (Å²) in [5, 5.41) is 8.63. The zero-order valence-electron chi connectivity index (χ0n) is 12.5. The quantitative estimate of drug-likeness (QED) is 0.686. The second-order valence-electron chi connectivity index (χ2n) is 4.94. The standard InChI is InChI=1S/C16H17ClN4O2/c1-10(11-2-6-13(7-3-11)20-15(18)22)19-16(23)21-14-8-4-12(17)5-9-14/h2-10H,1H3,(H3,18,20,22)(H2,19,21,23). The van der Waals surface area contributed by atoms with E-state index in [1.165, 1.54) is 0 Å². The Morgan fingerprint density at radius 1 is 0.957 bits per heavy atom. The van der Waals surface area contributed by atoms with Gasteiger partial charge in [-0.1, -0.05) is 23.7 Å². The van der Waals surface area contributed by atoms with E-state index in [1.54, 1.807) is 48.5 Å². The van der Waals surface area contributed by atoms with Crippen molar-refractivity contribution in [2.45, 2.75) is 13.0 Å². The third-order valence-electron chi connectivity index (χ3n) is 3.13. The molecule has 6 nitrogen and oxygen atoms in total. The zero-order valence-corrected chi connectivity index (χ0v) is 13.2. The smallest absolute Gasteiger partial charge is 0.319 e. The number of amides is 4. The van der Waals surface area contributed by atoms with Gasteiger partial charge in [0, 0.05) is 16.4 Å². The van der Waals surface area contributed by atoms with Crippen molar-refractivity contribution in [2.24, 2.45) is 5.73 Å². The summed E-state index contributed by atoms with van der Waals surface area (Å²) in [5.74, 6) is 0. The van der Waals surface area contributed by atoms with Crippen LogP contribution in [0.2, 0.25) is 5.02 Å². The fourth-order valence-corrected chi connectivity index (χ4v) is 2.10. The first-order valence-corrected chi connectivity index (χ1v) is 7.31. The topological polar surface area (TPSA) is 96.2 Å². The maximum Gasteiger partial charge on any atom is 0.319 e. The first kappa shape index (κ1) is 16.6. The number of anilines is 2. The zero-order chi connectivity index (χ0) is 16.8. The van der Waals surface area contributed by atoms with Crippen LogP contribution in [0.3, 0.4) is 0 Å².